The van der Waals surface area contributed by atoms with Crippen LogP contribution in [-0.4, -0.2) is 18.7 Å². The minimum atomic E-state index is -0.180. The van der Waals surface area contributed by atoms with Crippen LogP contribution in [0.5, 0.6) is 0 Å². The predicted octanol–water partition coefficient (Wildman–Crippen LogP) is 2.72. The van der Waals surface area contributed by atoms with Crippen molar-refractivity contribution in [2.24, 2.45) is 5.16 Å². The maximum Gasteiger partial charge on any atom is 0.261 e. The van der Waals surface area contributed by atoms with Gasteiger partial charge < -0.3 is 10.2 Å². The maximum absolute atomic E-state index is 11.5. The van der Waals surface area contributed by atoms with Crippen molar-refractivity contribution in [2.75, 3.05) is 6.61 Å². The number of nitrogens with zero attached hydrogens (tertiary/aromatic N) is 1. The molecule has 0 spiro atoms. The molecule has 0 radical (unpaired) electrons. The van der Waals surface area contributed by atoms with Crippen LogP contribution in [0.15, 0.2) is 46.9 Å². The second-order valence-corrected chi connectivity index (χ2v) is 5.25. The standard InChI is InChI=1S/C15H16N2O2S/c1-12-5-2-3-6-13(12)9-17-19-11-15(18)16-10-14-7-4-8-20-14/h2-9H,10-11H2,1H3,(H,16,18)/b17-9-. The summed E-state index contributed by atoms with van der Waals surface area (Å²) < 4.78 is 0. The Labute approximate surface area is 122 Å². The first-order chi connectivity index (χ1) is 9.75. The lowest BCUT2D eigenvalue weighted by Crippen LogP contribution is -2.26. The number of carbonyl (C=O) groups is 1. The van der Waals surface area contributed by atoms with Crippen LogP contribution in [0.1, 0.15) is 16.0 Å². The summed E-state index contributed by atoms with van der Waals surface area (Å²) >= 11 is 1.61. The molecule has 0 saturated heterocycles. The molecule has 0 aliphatic rings. The summed E-state index contributed by atoms with van der Waals surface area (Å²) in [4.78, 5) is 17.6. The van der Waals surface area contributed by atoms with E-state index in [0.29, 0.717) is 6.54 Å². The molecule has 0 unspecified atom stereocenters. The monoisotopic (exact) mass is 288 g/mol. The summed E-state index contributed by atoms with van der Waals surface area (Å²) in [6.45, 7) is 2.45. The van der Waals surface area contributed by atoms with E-state index in [1.807, 2.05) is 48.7 Å². The maximum atomic E-state index is 11.5. The number of hydrogen-bond donors (Lipinski definition) is 1. The van der Waals surface area contributed by atoms with Gasteiger partial charge in [-0.05, 0) is 29.5 Å². The average molecular weight is 288 g/mol. The van der Waals surface area contributed by atoms with Gasteiger partial charge in [0.15, 0.2) is 6.61 Å². The third-order valence-corrected chi connectivity index (χ3v) is 3.57. The Morgan fingerprint density at radius 2 is 2.20 bits per heavy atom. The molecule has 0 saturated carbocycles. The second-order valence-electron chi connectivity index (χ2n) is 4.22. The van der Waals surface area contributed by atoms with Crippen LogP contribution < -0.4 is 5.32 Å². The first-order valence-electron chi connectivity index (χ1n) is 6.26. The van der Waals surface area contributed by atoms with Gasteiger partial charge in [0, 0.05) is 4.88 Å². The number of thiophene rings is 1. The molecule has 1 N–H and O–H groups in total. The molecule has 1 aromatic carbocycles. The Kier molecular flexibility index (Phi) is 5.32. The molecular weight excluding hydrogens is 272 g/mol. The van der Waals surface area contributed by atoms with Crippen LogP contribution in [-0.2, 0) is 16.2 Å². The molecule has 104 valence electrons. The number of oxime groups is 1. The molecule has 1 aromatic heterocycles. The van der Waals surface area contributed by atoms with Gasteiger partial charge in [-0.2, -0.15) is 0 Å². The zero-order valence-electron chi connectivity index (χ0n) is 11.2. The van der Waals surface area contributed by atoms with E-state index in [1.54, 1.807) is 17.6 Å². The Hall–Kier alpha value is -2.14. The molecule has 2 aromatic rings. The van der Waals surface area contributed by atoms with E-state index in [4.69, 9.17) is 4.84 Å². The van der Waals surface area contributed by atoms with Crippen LogP contribution in [0.4, 0.5) is 0 Å². The third kappa shape index (κ3) is 4.51. The van der Waals surface area contributed by atoms with E-state index in [9.17, 15) is 4.79 Å². The highest BCUT2D eigenvalue weighted by atomic mass is 32.1. The molecule has 2 rings (SSSR count). The van der Waals surface area contributed by atoms with Gasteiger partial charge in [0.05, 0.1) is 12.8 Å². The summed E-state index contributed by atoms with van der Waals surface area (Å²) in [6, 6.07) is 11.8. The SMILES string of the molecule is Cc1ccccc1/C=N\OCC(=O)NCc1cccs1. The van der Waals surface area contributed by atoms with Crippen molar-refractivity contribution in [3.63, 3.8) is 0 Å². The Morgan fingerprint density at radius 3 is 2.95 bits per heavy atom. The van der Waals surface area contributed by atoms with Crippen LogP contribution in [0.2, 0.25) is 0 Å². The Morgan fingerprint density at radius 1 is 1.35 bits per heavy atom. The average Bonchev–Trinajstić information content (AvgIpc) is 2.96. The Bertz CT molecular complexity index is 579. The van der Waals surface area contributed by atoms with Crippen molar-refractivity contribution in [3.05, 3.63) is 57.8 Å². The summed E-state index contributed by atoms with van der Waals surface area (Å²) in [5.41, 5.74) is 2.09. The highest BCUT2D eigenvalue weighted by Crippen LogP contribution is 2.07. The molecule has 0 aliphatic carbocycles. The van der Waals surface area contributed by atoms with Crippen LogP contribution in [0.25, 0.3) is 0 Å². The number of hydrogen-bond acceptors (Lipinski definition) is 4. The van der Waals surface area contributed by atoms with Gasteiger partial charge in [0.1, 0.15) is 0 Å². The van der Waals surface area contributed by atoms with Crippen LogP contribution in [0, 0.1) is 6.92 Å². The van der Waals surface area contributed by atoms with Gasteiger partial charge in [-0.25, -0.2) is 0 Å². The Balaban J connectivity index is 1.70. The normalized spacial score (nSPS) is 10.7. The molecule has 20 heavy (non-hydrogen) atoms. The van der Waals surface area contributed by atoms with Gasteiger partial charge >= 0.3 is 0 Å². The first-order valence-corrected chi connectivity index (χ1v) is 7.14. The molecule has 0 fully saturated rings. The molecule has 1 amide bonds. The summed E-state index contributed by atoms with van der Waals surface area (Å²) in [6.07, 6.45) is 1.61. The van der Waals surface area contributed by atoms with Crippen molar-refractivity contribution in [1.29, 1.82) is 0 Å². The molecule has 4 nitrogen and oxygen atoms in total. The number of amides is 1. The predicted molar refractivity (Wildman–Crippen MR) is 80.9 cm³/mol. The van der Waals surface area contributed by atoms with Gasteiger partial charge in [-0.3, -0.25) is 4.79 Å². The van der Waals surface area contributed by atoms with E-state index in [2.05, 4.69) is 10.5 Å². The van der Waals surface area contributed by atoms with Crippen molar-refractivity contribution >= 4 is 23.5 Å². The van der Waals surface area contributed by atoms with Crippen molar-refractivity contribution < 1.29 is 9.63 Å². The number of nitrogens with one attached hydrogen (secondary N) is 1. The van der Waals surface area contributed by atoms with Gasteiger partial charge in [0.2, 0.25) is 0 Å². The zero-order chi connectivity index (χ0) is 14.2. The van der Waals surface area contributed by atoms with E-state index in [-0.39, 0.29) is 12.5 Å². The largest absolute Gasteiger partial charge is 0.386 e. The van der Waals surface area contributed by atoms with E-state index in [1.165, 1.54) is 0 Å². The number of carbonyl (C=O) groups excluding carboxylic acids is 1. The van der Waals surface area contributed by atoms with E-state index >= 15 is 0 Å². The molecular formula is C15H16N2O2S. The molecule has 0 aliphatic heterocycles. The minimum Gasteiger partial charge on any atom is -0.386 e. The molecule has 1 heterocycles. The van der Waals surface area contributed by atoms with Gasteiger partial charge in [-0.1, -0.05) is 35.5 Å². The summed E-state index contributed by atoms with van der Waals surface area (Å²) in [5.74, 6) is -0.180. The lowest BCUT2D eigenvalue weighted by Gasteiger charge is -2.02. The fraction of sp³-hybridized carbons (Fsp3) is 0.200. The lowest BCUT2D eigenvalue weighted by molar-refractivity contribution is -0.125. The highest BCUT2D eigenvalue weighted by Gasteiger charge is 2.01. The third-order valence-electron chi connectivity index (χ3n) is 2.69. The van der Waals surface area contributed by atoms with E-state index < -0.39 is 0 Å². The summed E-state index contributed by atoms with van der Waals surface area (Å²) in [5, 5.41) is 8.55. The lowest BCUT2D eigenvalue weighted by atomic mass is 10.1. The number of aryl methyl sites for hydroxylation is 1. The highest BCUT2D eigenvalue weighted by molar-refractivity contribution is 7.09. The smallest absolute Gasteiger partial charge is 0.261 e. The molecule has 5 heteroatoms. The van der Waals surface area contributed by atoms with E-state index in [0.717, 1.165) is 16.0 Å². The minimum absolute atomic E-state index is 0.0756. The van der Waals surface area contributed by atoms with Crippen LogP contribution >= 0.6 is 11.3 Å². The van der Waals surface area contributed by atoms with Crippen molar-refractivity contribution in [3.8, 4) is 0 Å². The summed E-state index contributed by atoms with van der Waals surface area (Å²) in [7, 11) is 0. The van der Waals surface area contributed by atoms with Gasteiger partial charge in [0.25, 0.3) is 5.91 Å². The molecule has 0 atom stereocenters. The van der Waals surface area contributed by atoms with Crippen molar-refractivity contribution in [2.45, 2.75) is 13.5 Å². The van der Waals surface area contributed by atoms with Crippen LogP contribution in [0.3, 0.4) is 0 Å². The first kappa shape index (κ1) is 14.3. The van der Waals surface area contributed by atoms with Crippen molar-refractivity contribution in [1.82, 2.24) is 5.32 Å². The fourth-order valence-electron chi connectivity index (χ4n) is 1.57. The fourth-order valence-corrected chi connectivity index (χ4v) is 2.22. The number of benzene rings is 1. The zero-order valence-corrected chi connectivity index (χ0v) is 12.0. The second kappa shape index (κ2) is 7.45. The quantitative estimate of drug-likeness (QED) is 0.656. The number of rotatable bonds is 6. The van der Waals surface area contributed by atoms with Gasteiger partial charge in [-0.15, -0.1) is 11.3 Å². The molecule has 0 bridgehead atoms. The topological polar surface area (TPSA) is 50.7 Å².